The molecule has 116 valence electrons. The Morgan fingerprint density at radius 2 is 1.86 bits per heavy atom. The summed E-state index contributed by atoms with van der Waals surface area (Å²) in [6, 6.07) is 5.91. The van der Waals surface area contributed by atoms with Gasteiger partial charge in [-0.25, -0.2) is 9.59 Å². The molecule has 21 heavy (non-hydrogen) atoms. The summed E-state index contributed by atoms with van der Waals surface area (Å²) in [5, 5.41) is 14.2. The summed E-state index contributed by atoms with van der Waals surface area (Å²) in [5.41, 5.74) is 0.904. The zero-order valence-electron chi connectivity index (χ0n) is 12.6. The van der Waals surface area contributed by atoms with Crippen molar-refractivity contribution in [3.63, 3.8) is 0 Å². The van der Waals surface area contributed by atoms with E-state index in [1.807, 2.05) is 26.0 Å². The second kappa shape index (κ2) is 8.14. The molecule has 0 aliphatic carbocycles. The zero-order chi connectivity index (χ0) is 15.8. The Kier molecular flexibility index (Phi) is 6.52. The smallest absolute Gasteiger partial charge is 0.326 e. The van der Waals surface area contributed by atoms with Gasteiger partial charge in [0.2, 0.25) is 0 Å². The fourth-order valence-electron chi connectivity index (χ4n) is 1.83. The summed E-state index contributed by atoms with van der Waals surface area (Å²) in [7, 11) is 1.58. The number of benzene rings is 1. The predicted octanol–water partition coefficient (Wildman–Crippen LogP) is 1.99. The number of carboxylic acid groups (broad SMARTS) is 1. The van der Waals surface area contributed by atoms with E-state index in [1.54, 1.807) is 19.2 Å². The van der Waals surface area contributed by atoms with Crippen molar-refractivity contribution in [1.82, 2.24) is 10.6 Å². The average Bonchev–Trinajstić information content (AvgIpc) is 2.44. The third-order valence-electron chi connectivity index (χ3n) is 2.92. The molecule has 6 nitrogen and oxygen atoms in total. The van der Waals surface area contributed by atoms with E-state index in [4.69, 9.17) is 9.84 Å². The van der Waals surface area contributed by atoms with Gasteiger partial charge in [-0.05, 0) is 30.0 Å². The van der Waals surface area contributed by atoms with Crippen molar-refractivity contribution in [3.05, 3.63) is 29.8 Å². The summed E-state index contributed by atoms with van der Waals surface area (Å²) in [6.45, 7) is 4.14. The maximum Gasteiger partial charge on any atom is 0.326 e. The van der Waals surface area contributed by atoms with Crippen LogP contribution in [0.1, 0.15) is 25.8 Å². The Hall–Kier alpha value is -2.24. The molecule has 1 aromatic carbocycles. The number of aliphatic carboxylic acids is 1. The van der Waals surface area contributed by atoms with Crippen molar-refractivity contribution in [2.75, 3.05) is 7.11 Å². The maximum absolute atomic E-state index is 11.7. The average molecular weight is 294 g/mol. The fourth-order valence-corrected chi connectivity index (χ4v) is 1.83. The molecule has 6 heteroatoms. The third kappa shape index (κ3) is 6.16. The van der Waals surface area contributed by atoms with Gasteiger partial charge in [0, 0.05) is 6.54 Å². The van der Waals surface area contributed by atoms with Gasteiger partial charge in [-0.3, -0.25) is 0 Å². The quantitative estimate of drug-likeness (QED) is 0.717. The van der Waals surface area contributed by atoms with Crippen LogP contribution in [0.5, 0.6) is 5.75 Å². The minimum Gasteiger partial charge on any atom is -0.497 e. The molecule has 1 rings (SSSR count). The van der Waals surface area contributed by atoms with Gasteiger partial charge in [-0.2, -0.15) is 0 Å². The molecule has 0 saturated heterocycles. The number of nitrogens with one attached hydrogen (secondary N) is 2. The third-order valence-corrected chi connectivity index (χ3v) is 2.92. The number of carboxylic acids is 1. The molecule has 0 aliphatic rings. The lowest BCUT2D eigenvalue weighted by atomic mass is 10.0. The Morgan fingerprint density at radius 3 is 2.33 bits per heavy atom. The molecule has 1 aromatic rings. The molecule has 0 bridgehead atoms. The summed E-state index contributed by atoms with van der Waals surface area (Å²) in [5.74, 6) is -0.0950. The number of carbonyl (C=O) groups excluding carboxylic acids is 1. The first kappa shape index (κ1) is 16.8. The van der Waals surface area contributed by atoms with E-state index in [0.717, 1.165) is 11.3 Å². The summed E-state index contributed by atoms with van der Waals surface area (Å²) in [6.07, 6.45) is 0.394. The zero-order valence-corrected chi connectivity index (χ0v) is 12.6. The van der Waals surface area contributed by atoms with E-state index in [2.05, 4.69) is 10.6 Å². The number of ether oxygens (including phenoxy) is 1. The molecule has 2 amide bonds. The van der Waals surface area contributed by atoms with Gasteiger partial charge >= 0.3 is 12.0 Å². The van der Waals surface area contributed by atoms with Gasteiger partial charge in [0.15, 0.2) is 0 Å². The summed E-state index contributed by atoms with van der Waals surface area (Å²) >= 11 is 0. The molecule has 0 heterocycles. The van der Waals surface area contributed by atoms with E-state index >= 15 is 0 Å². The summed E-state index contributed by atoms with van der Waals surface area (Å²) < 4.78 is 5.05. The van der Waals surface area contributed by atoms with Crippen LogP contribution in [0, 0.1) is 5.92 Å². The summed E-state index contributed by atoms with van der Waals surface area (Å²) in [4.78, 5) is 22.8. The highest BCUT2D eigenvalue weighted by atomic mass is 16.5. The first-order valence-corrected chi connectivity index (χ1v) is 6.82. The molecule has 1 unspecified atom stereocenters. The van der Waals surface area contributed by atoms with Crippen molar-refractivity contribution >= 4 is 12.0 Å². The minimum atomic E-state index is -1.02. The fraction of sp³-hybridized carbons (Fsp3) is 0.467. The van der Waals surface area contributed by atoms with Gasteiger partial charge in [0.05, 0.1) is 7.11 Å². The van der Waals surface area contributed by atoms with Crippen LogP contribution in [0.3, 0.4) is 0 Å². The standard InChI is InChI=1S/C15H22N2O4/c1-10(2)8-13(14(18)19)17-15(20)16-9-11-4-6-12(21-3)7-5-11/h4-7,10,13H,8-9H2,1-3H3,(H,18,19)(H2,16,17,20). The van der Waals surface area contributed by atoms with Crippen LogP contribution >= 0.6 is 0 Å². The molecule has 0 aromatic heterocycles. The van der Waals surface area contributed by atoms with Gasteiger partial charge < -0.3 is 20.5 Å². The molecule has 1 atom stereocenters. The lowest BCUT2D eigenvalue weighted by Gasteiger charge is -2.17. The van der Waals surface area contributed by atoms with Crippen molar-refractivity contribution in [2.45, 2.75) is 32.9 Å². The van der Waals surface area contributed by atoms with Crippen LogP contribution in [0.4, 0.5) is 4.79 Å². The molecule has 0 fully saturated rings. The van der Waals surface area contributed by atoms with Gasteiger partial charge in [0.25, 0.3) is 0 Å². The molecular weight excluding hydrogens is 272 g/mol. The van der Waals surface area contributed by atoms with E-state index in [1.165, 1.54) is 0 Å². The van der Waals surface area contributed by atoms with Crippen LogP contribution in [0.15, 0.2) is 24.3 Å². The number of rotatable bonds is 7. The van der Waals surface area contributed by atoms with Gasteiger partial charge in [-0.15, -0.1) is 0 Å². The van der Waals surface area contributed by atoms with Crippen LogP contribution < -0.4 is 15.4 Å². The van der Waals surface area contributed by atoms with E-state index in [0.29, 0.717) is 13.0 Å². The minimum absolute atomic E-state index is 0.188. The molecule has 3 N–H and O–H groups in total. The highest BCUT2D eigenvalue weighted by Crippen LogP contribution is 2.11. The highest BCUT2D eigenvalue weighted by Gasteiger charge is 2.20. The Morgan fingerprint density at radius 1 is 1.24 bits per heavy atom. The van der Waals surface area contributed by atoms with Crippen LogP contribution in [-0.2, 0) is 11.3 Å². The monoisotopic (exact) mass is 294 g/mol. The second-order valence-electron chi connectivity index (χ2n) is 5.20. The van der Waals surface area contributed by atoms with Crippen molar-refractivity contribution in [3.8, 4) is 5.75 Å². The van der Waals surface area contributed by atoms with E-state index in [-0.39, 0.29) is 5.92 Å². The maximum atomic E-state index is 11.7. The van der Waals surface area contributed by atoms with E-state index in [9.17, 15) is 9.59 Å². The van der Waals surface area contributed by atoms with Crippen molar-refractivity contribution < 1.29 is 19.4 Å². The number of methoxy groups -OCH3 is 1. The number of carbonyl (C=O) groups is 2. The topological polar surface area (TPSA) is 87.7 Å². The second-order valence-corrected chi connectivity index (χ2v) is 5.20. The largest absolute Gasteiger partial charge is 0.497 e. The first-order valence-electron chi connectivity index (χ1n) is 6.82. The lowest BCUT2D eigenvalue weighted by Crippen LogP contribution is -2.46. The lowest BCUT2D eigenvalue weighted by molar-refractivity contribution is -0.139. The number of urea groups is 1. The number of amides is 2. The number of hydrogen-bond acceptors (Lipinski definition) is 3. The van der Waals surface area contributed by atoms with E-state index < -0.39 is 18.0 Å². The molecule has 0 radical (unpaired) electrons. The highest BCUT2D eigenvalue weighted by molar-refractivity contribution is 5.82. The SMILES string of the molecule is COc1ccc(CNC(=O)NC(CC(C)C)C(=O)O)cc1. The van der Waals surface area contributed by atoms with Gasteiger partial charge in [0.1, 0.15) is 11.8 Å². The van der Waals surface area contributed by atoms with Gasteiger partial charge in [-0.1, -0.05) is 26.0 Å². The van der Waals surface area contributed by atoms with Crippen LogP contribution in [0.25, 0.3) is 0 Å². The normalized spacial score (nSPS) is 11.8. The van der Waals surface area contributed by atoms with Crippen LogP contribution in [0.2, 0.25) is 0 Å². The predicted molar refractivity (Wildman–Crippen MR) is 79.2 cm³/mol. The van der Waals surface area contributed by atoms with Crippen LogP contribution in [-0.4, -0.2) is 30.3 Å². The Bertz CT molecular complexity index is 471. The molecule has 0 aliphatic heterocycles. The van der Waals surface area contributed by atoms with Crippen molar-refractivity contribution in [2.24, 2.45) is 5.92 Å². The molecular formula is C15H22N2O4. The first-order chi connectivity index (χ1) is 9.92. The van der Waals surface area contributed by atoms with Crippen molar-refractivity contribution in [1.29, 1.82) is 0 Å². The Balaban J connectivity index is 2.46. The number of hydrogen-bond donors (Lipinski definition) is 3. The molecule has 0 spiro atoms. The Labute approximate surface area is 124 Å². The molecule has 0 saturated carbocycles.